The predicted molar refractivity (Wildman–Crippen MR) is 103 cm³/mol. The minimum absolute atomic E-state index is 0.854. The molecule has 116 valence electrons. The van der Waals surface area contributed by atoms with E-state index in [9.17, 15) is 0 Å². The molecule has 1 aromatic heterocycles. The standard InChI is InChI=1S/C21H18N2Si/c1-14-11-12-16-15-8-7-9-17(18-10-5-6-13-23-18)20(15)24(3,4)21(16)19(14)22-2/h5-13H,1,3-4H3. The second-order valence-corrected chi connectivity index (χ2v) is 11.1. The van der Waals surface area contributed by atoms with Crippen molar-refractivity contribution in [2.45, 2.75) is 20.0 Å². The highest BCUT2D eigenvalue weighted by Gasteiger charge is 2.41. The Morgan fingerprint density at radius 2 is 1.62 bits per heavy atom. The van der Waals surface area contributed by atoms with Crippen molar-refractivity contribution in [3.63, 3.8) is 0 Å². The first-order chi connectivity index (χ1) is 11.6. The summed E-state index contributed by atoms with van der Waals surface area (Å²) in [4.78, 5) is 8.47. The van der Waals surface area contributed by atoms with Gasteiger partial charge in [-0.05, 0) is 46.1 Å². The molecule has 0 saturated heterocycles. The van der Waals surface area contributed by atoms with E-state index >= 15 is 0 Å². The Kier molecular flexibility index (Phi) is 3.19. The highest BCUT2D eigenvalue weighted by Crippen LogP contribution is 2.36. The maximum Gasteiger partial charge on any atom is 0.190 e. The molecule has 1 aliphatic heterocycles. The minimum Gasteiger partial charge on any atom is -0.256 e. The van der Waals surface area contributed by atoms with Gasteiger partial charge in [0.05, 0.1) is 12.3 Å². The number of aromatic nitrogens is 1. The van der Waals surface area contributed by atoms with Crippen LogP contribution in [0.5, 0.6) is 0 Å². The average Bonchev–Trinajstić information content (AvgIpc) is 2.84. The lowest BCUT2D eigenvalue weighted by atomic mass is 10.00. The minimum atomic E-state index is -1.96. The predicted octanol–water partition coefficient (Wildman–Crippen LogP) is 4.41. The maximum atomic E-state index is 7.69. The highest BCUT2D eigenvalue weighted by atomic mass is 28.3. The summed E-state index contributed by atoms with van der Waals surface area (Å²) < 4.78 is 0. The summed E-state index contributed by atoms with van der Waals surface area (Å²) in [6.45, 7) is 14.5. The zero-order chi connectivity index (χ0) is 16.9. The number of nitrogens with zero attached hydrogens (tertiary/aromatic N) is 2. The zero-order valence-corrected chi connectivity index (χ0v) is 15.1. The Morgan fingerprint density at radius 3 is 2.33 bits per heavy atom. The quantitative estimate of drug-likeness (QED) is 0.478. The maximum absolute atomic E-state index is 7.69. The third kappa shape index (κ3) is 1.90. The van der Waals surface area contributed by atoms with Crippen LogP contribution >= 0.6 is 0 Å². The van der Waals surface area contributed by atoms with E-state index < -0.39 is 8.07 Å². The van der Waals surface area contributed by atoms with Crippen molar-refractivity contribution >= 4 is 24.1 Å². The molecule has 0 atom stereocenters. The molecule has 2 aromatic carbocycles. The lowest BCUT2D eigenvalue weighted by Gasteiger charge is -2.23. The molecule has 3 aromatic rings. The van der Waals surface area contributed by atoms with Gasteiger partial charge in [0.15, 0.2) is 5.69 Å². The molecule has 1 aliphatic rings. The smallest absolute Gasteiger partial charge is 0.190 e. The fourth-order valence-corrected chi connectivity index (χ4v) is 7.77. The van der Waals surface area contributed by atoms with Gasteiger partial charge < -0.3 is 0 Å². The van der Waals surface area contributed by atoms with Crippen LogP contribution in [0.15, 0.2) is 54.7 Å². The molecule has 0 unspecified atom stereocenters. The number of fused-ring (bicyclic) bond motifs is 3. The van der Waals surface area contributed by atoms with E-state index in [1.54, 1.807) is 0 Å². The first-order valence-electron chi connectivity index (χ1n) is 8.12. The Hall–Kier alpha value is -2.70. The second-order valence-electron chi connectivity index (χ2n) is 6.83. The van der Waals surface area contributed by atoms with E-state index in [1.165, 1.54) is 27.1 Å². The van der Waals surface area contributed by atoms with Crippen LogP contribution < -0.4 is 10.4 Å². The van der Waals surface area contributed by atoms with Gasteiger partial charge in [0.1, 0.15) is 8.07 Å². The number of hydrogen-bond acceptors (Lipinski definition) is 1. The van der Waals surface area contributed by atoms with Crippen LogP contribution in [0, 0.1) is 13.5 Å². The molecule has 0 bridgehead atoms. The summed E-state index contributed by atoms with van der Waals surface area (Å²) in [6, 6.07) is 16.8. The Morgan fingerprint density at radius 1 is 0.875 bits per heavy atom. The van der Waals surface area contributed by atoms with Crippen LogP contribution in [0.4, 0.5) is 5.69 Å². The van der Waals surface area contributed by atoms with Gasteiger partial charge in [-0.15, -0.1) is 0 Å². The van der Waals surface area contributed by atoms with Gasteiger partial charge in [-0.2, -0.15) is 0 Å². The molecule has 0 N–H and O–H groups in total. The summed E-state index contributed by atoms with van der Waals surface area (Å²) in [5.41, 5.74) is 6.70. The number of hydrogen-bond donors (Lipinski definition) is 0. The van der Waals surface area contributed by atoms with Crippen molar-refractivity contribution in [3.05, 3.63) is 71.7 Å². The summed E-state index contributed by atoms with van der Waals surface area (Å²) in [5.74, 6) is 0. The molecule has 0 saturated carbocycles. The van der Waals surface area contributed by atoms with Crippen LogP contribution in [-0.2, 0) is 0 Å². The van der Waals surface area contributed by atoms with Crippen LogP contribution in [0.25, 0.3) is 27.2 Å². The Bertz CT molecular complexity index is 998. The van der Waals surface area contributed by atoms with Crippen LogP contribution in [0.2, 0.25) is 13.1 Å². The van der Waals surface area contributed by atoms with Gasteiger partial charge in [0.25, 0.3) is 0 Å². The molecular formula is C21H18N2Si. The van der Waals surface area contributed by atoms with Crippen molar-refractivity contribution in [3.8, 4) is 22.4 Å². The van der Waals surface area contributed by atoms with E-state index in [4.69, 9.17) is 6.57 Å². The summed E-state index contributed by atoms with van der Waals surface area (Å²) in [7, 11) is -1.96. The van der Waals surface area contributed by atoms with Crippen molar-refractivity contribution < 1.29 is 0 Å². The molecule has 0 aliphatic carbocycles. The summed E-state index contributed by atoms with van der Waals surface area (Å²) in [5, 5.41) is 2.70. The van der Waals surface area contributed by atoms with Crippen molar-refractivity contribution in [1.29, 1.82) is 0 Å². The highest BCUT2D eigenvalue weighted by molar-refractivity contribution is 7.05. The molecule has 0 amide bonds. The van der Waals surface area contributed by atoms with Crippen LogP contribution in [0.1, 0.15) is 5.56 Å². The number of rotatable bonds is 1. The Balaban J connectivity index is 2.09. The normalized spacial score (nSPS) is 13.9. The zero-order valence-electron chi connectivity index (χ0n) is 14.1. The molecule has 0 radical (unpaired) electrons. The first kappa shape index (κ1) is 14.9. The molecule has 4 rings (SSSR count). The molecule has 0 fully saturated rings. The topological polar surface area (TPSA) is 17.2 Å². The first-order valence-corrected chi connectivity index (χ1v) is 11.1. The number of aryl methyl sites for hydroxylation is 1. The molecule has 24 heavy (non-hydrogen) atoms. The third-order valence-corrected chi connectivity index (χ3v) is 8.58. The van der Waals surface area contributed by atoms with Gasteiger partial charge in [-0.25, -0.2) is 4.85 Å². The monoisotopic (exact) mass is 326 g/mol. The van der Waals surface area contributed by atoms with Crippen molar-refractivity contribution in [2.24, 2.45) is 0 Å². The SMILES string of the molecule is [C-]#[N+]c1c(C)ccc2c1[Si](C)(C)c1c(-c3ccccn3)cccc1-2. The van der Waals surface area contributed by atoms with E-state index in [0.29, 0.717) is 0 Å². The summed E-state index contributed by atoms with van der Waals surface area (Å²) >= 11 is 0. The van der Waals surface area contributed by atoms with E-state index in [2.05, 4.69) is 59.3 Å². The van der Waals surface area contributed by atoms with Gasteiger partial charge in [0.2, 0.25) is 0 Å². The van der Waals surface area contributed by atoms with Crippen molar-refractivity contribution in [2.75, 3.05) is 0 Å². The molecule has 3 heteroatoms. The number of benzene rings is 2. The lowest BCUT2D eigenvalue weighted by molar-refractivity contribution is 1.33. The van der Waals surface area contributed by atoms with E-state index in [0.717, 1.165) is 16.9 Å². The van der Waals surface area contributed by atoms with E-state index in [1.807, 2.05) is 25.3 Å². The molecule has 2 nitrogen and oxygen atoms in total. The average molecular weight is 326 g/mol. The van der Waals surface area contributed by atoms with Gasteiger partial charge in [-0.3, -0.25) is 4.98 Å². The summed E-state index contributed by atoms with van der Waals surface area (Å²) in [6.07, 6.45) is 1.85. The van der Waals surface area contributed by atoms with Crippen molar-refractivity contribution in [1.82, 2.24) is 4.98 Å². The molecule has 0 spiro atoms. The molecular weight excluding hydrogens is 308 g/mol. The van der Waals surface area contributed by atoms with Crippen LogP contribution in [-0.4, -0.2) is 13.1 Å². The molecule has 2 heterocycles. The third-order valence-electron chi connectivity index (χ3n) is 5.04. The second kappa shape index (κ2) is 5.15. The van der Waals surface area contributed by atoms with Crippen LogP contribution in [0.3, 0.4) is 0 Å². The largest absolute Gasteiger partial charge is 0.256 e. The van der Waals surface area contributed by atoms with Gasteiger partial charge in [-0.1, -0.05) is 49.5 Å². The Labute approximate surface area is 143 Å². The van der Waals surface area contributed by atoms with Gasteiger partial charge >= 0.3 is 0 Å². The van der Waals surface area contributed by atoms with E-state index in [-0.39, 0.29) is 0 Å². The lowest BCUT2D eigenvalue weighted by Crippen LogP contribution is -2.50. The number of pyridine rings is 1. The van der Waals surface area contributed by atoms with Gasteiger partial charge in [0, 0.05) is 11.8 Å². The fraction of sp³-hybridized carbons (Fsp3) is 0.143. The fourth-order valence-electron chi connectivity index (χ4n) is 4.01.